The lowest BCUT2D eigenvalue weighted by Crippen LogP contribution is -2.45. The van der Waals surface area contributed by atoms with Gasteiger partial charge in [-0.15, -0.1) is 0 Å². The fraction of sp³-hybridized carbons (Fsp3) is 0.462. The summed E-state index contributed by atoms with van der Waals surface area (Å²) in [5.41, 5.74) is 1.06. The zero-order chi connectivity index (χ0) is 11.4. The van der Waals surface area contributed by atoms with E-state index in [0.29, 0.717) is 0 Å². The van der Waals surface area contributed by atoms with E-state index in [9.17, 15) is 9.90 Å². The third-order valence-electron chi connectivity index (χ3n) is 4.33. The van der Waals surface area contributed by atoms with Gasteiger partial charge in [-0.3, -0.25) is 4.79 Å². The standard InChI is InChI=1S/C13H13BrO2/c14-10-3-1-2-9(6-10)12-4-5-13(7-12,8-12)11(15)16/h1-3,6H,4-5,7-8H2,(H,15,16). The Hall–Kier alpha value is -0.830. The summed E-state index contributed by atoms with van der Waals surface area (Å²) in [7, 11) is 0. The minimum absolute atomic E-state index is 0.155. The number of aliphatic carboxylic acids is 1. The molecule has 1 N–H and O–H groups in total. The first-order chi connectivity index (χ1) is 7.56. The summed E-state index contributed by atoms with van der Waals surface area (Å²) in [6.45, 7) is 0. The Balaban J connectivity index is 1.93. The minimum atomic E-state index is -0.601. The largest absolute Gasteiger partial charge is 0.481 e. The van der Waals surface area contributed by atoms with E-state index in [2.05, 4.69) is 28.1 Å². The Bertz CT molecular complexity index is 461. The fourth-order valence-electron chi connectivity index (χ4n) is 3.50. The molecule has 3 heteroatoms. The van der Waals surface area contributed by atoms with E-state index in [1.807, 2.05) is 12.1 Å². The van der Waals surface area contributed by atoms with Gasteiger partial charge in [0.1, 0.15) is 0 Å². The lowest BCUT2D eigenvalue weighted by atomic mass is 9.57. The molecule has 0 heterocycles. The Kier molecular flexibility index (Phi) is 2.00. The average Bonchev–Trinajstić information content (AvgIpc) is 2.73. The van der Waals surface area contributed by atoms with Gasteiger partial charge < -0.3 is 5.11 Å². The van der Waals surface area contributed by atoms with Gasteiger partial charge in [0.15, 0.2) is 0 Å². The molecule has 2 nitrogen and oxygen atoms in total. The van der Waals surface area contributed by atoms with Crippen LogP contribution in [0.25, 0.3) is 0 Å². The zero-order valence-electron chi connectivity index (χ0n) is 8.87. The van der Waals surface area contributed by atoms with Gasteiger partial charge in [0.05, 0.1) is 5.41 Å². The maximum absolute atomic E-state index is 11.2. The average molecular weight is 281 g/mol. The molecule has 1 aromatic carbocycles. The molecule has 0 spiro atoms. The number of halogens is 1. The number of carboxylic acid groups (broad SMARTS) is 1. The Morgan fingerprint density at radius 1 is 1.31 bits per heavy atom. The molecule has 0 atom stereocenters. The van der Waals surface area contributed by atoms with Crippen LogP contribution in [-0.2, 0) is 10.2 Å². The summed E-state index contributed by atoms with van der Waals surface area (Å²) in [6.07, 6.45) is 3.52. The molecule has 0 radical (unpaired) electrons. The van der Waals surface area contributed by atoms with Crippen LogP contribution in [0.5, 0.6) is 0 Å². The third-order valence-corrected chi connectivity index (χ3v) is 4.82. The van der Waals surface area contributed by atoms with Gasteiger partial charge in [0.2, 0.25) is 0 Å². The summed E-state index contributed by atoms with van der Waals surface area (Å²) in [5, 5.41) is 9.22. The molecule has 84 valence electrons. The molecular formula is C13H13BrO2. The van der Waals surface area contributed by atoms with Crippen LogP contribution in [0.2, 0.25) is 0 Å². The molecule has 0 saturated heterocycles. The van der Waals surface area contributed by atoms with Crippen molar-refractivity contribution in [2.24, 2.45) is 5.41 Å². The zero-order valence-corrected chi connectivity index (χ0v) is 10.5. The van der Waals surface area contributed by atoms with Crippen molar-refractivity contribution in [1.82, 2.24) is 0 Å². The molecule has 3 saturated carbocycles. The Labute approximate surface area is 103 Å². The summed E-state index contributed by atoms with van der Waals surface area (Å²) in [5.74, 6) is -0.601. The monoisotopic (exact) mass is 280 g/mol. The third kappa shape index (κ3) is 1.21. The highest BCUT2D eigenvalue weighted by molar-refractivity contribution is 9.10. The number of carboxylic acids is 1. The van der Waals surface area contributed by atoms with E-state index in [4.69, 9.17) is 0 Å². The minimum Gasteiger partial charge on any atom is -0.481 e. The van der Waals surface area contributed by atoms with Crippen LogP contribution in [0.15, 0.2) is 28.7 Å². The van der Waals surface area contributed by atoms with Crippen LogP contribution in [-0.4, -0.2) is 11.1 Å². The Morgan fingerprint density at radius 2 is 2.06 bits per heavy atom. The topological polar surface area (TPSA) is 37.3 Å². The maximum atomic E-state index is 11.2. The second-order valence-corrected chi connectivity index (χ2v) is 6.15. The van der Waals surface area contributed by atoms with Gasteiger partial charge in [-0.2, -0.15) is 0 Å². The van der Waals surface area contributed by atoms with Crippen molar-refractivity contribution in [1.29, 1.82) is 0 Å². The summed E-state index contributed by atoms with van der Waals surface area (Å²) in [4.78, 5) is 11.2. The molecule has 0 aliphatic heterocycles. The number of carbonyl (C=O) groups is 1. The predicted octanol–water partition coefficient (Wildman–Crippen LogP) is 3.35. The smallest absolute Gasteiger partial charge is 0.309 e. The molecule has 1 aromatic rings. The van der Waals surface area contributed by atoms with E-state index in [1.54, 1.807) is 0 Å². The van der Waals surface area contributed by atoms with Crippen LogP contribution >= 0.6 is 15.9 Å². The van der Waals surface area contributed by atoms with Gasteiger partial charge in [-0.25, -0.2) is 0 Å². The summed E-state index contributed by atoms with van der Waals surface area (Å²) in [6, 6.07) is 8.31. The molecule has 0 aromatic heterocycles. The number of rotatable bonds is 2. The van der Waals surface area contributed by atoms with Crippen molar-refractivity contribution in [2.75, 3.05) is 0 Å². The molecule has 16 heavy (non-hydrogen) atoms. The first-order valence-corrected chi connectivity index (χ1v) is 6.35. The maximum Gasteiger partial charge on any atom is 0.309 e. The van der Waals surface area contributed by atoms with Crippen molar-refractivity contribution in [2.45, 2.75) is 31.1 Å². The van der Waals surface area contributed by atoms with Gasteiger partial charge >= 0.3 is 5.97 Å². The molecular weight excluding hydrogens is 268 g/mol. The number of fused-ring (bicyclic) bond motifs is 1. The quantitative estimate of drug-likeness (QED) is 0.902. The first kappa shape index (κ1) is 10.3. The number of hydrogen-bond acceptors (Lipinski definition) is 1. The van der Waals surface area contributed by atoms with Crippen LogP contribution in [0.1, 0.15) is 31.2 Å². The molecule has 3 fully saturated rings. The first-order valence-electron chi connectivity index (χ1n) is 5.56. The number of hydrogen-bond donors (Lipinski definition) is 1. The second kappa shape index (κ2) is 3.10. The highest BCUT2D eigenvalue weighted by atomic mass is 79.9. The van der Waals surface area contributed by atoms with Gasteiger partial charge in [0, 0.05) is 4.47 Å². The summed E-state index contributed by atoms with van der Waals surface area (Å²) < 4.78 is 1.08. The Morgan fingerprint density at radius 3 is 2.62 bits per heavy atom. The van der Waals surface area contributed by atoms with Crippen LogP contribution in [0.3, 0.4) is 0 Å². The lowest BCUT2D eigenvalue weighted by molar-refractivity contribution is -0.154. The lowest BCUT2D eigenvalue weighted by Gasteiger charge is -2.45. The van der Waals surface area contributed by atoms with E-state index in [1.165, 1.54) is 5.56 Å². The summed E-state index contributed by atoms with van der Waals surface area (Å²) >= 11 is 3.48. The fourth-order valence-corrected chi connectivity index (χ4v) is 3.90. The molecule has 3 aliphatic rings. The molecule has 0 unspecified atom stereocenters. The predicted molar refractivity (Wildman–Crippen MR) is 64.4 cm³/mol. The van der Waals surface area contributed by atoms with Crippen molar-refractivity contribution in [3.63, 3.8) is 0 Å². The van der Waals surface area contributed by atoms with E-state index in [0.717, 1.165) is 30.2 Å². The van der Waals surface area contributed by atoms with E-state index >= 15 is 0 Å². The molecule has 2 bridgehead atoms. The van der Waals surface area contributed by atoms with E-state index in [-0.39, 0.29) is 5.41 Å². The van der Waals surface area contributed by atoms with Crippen molar-refractivity contribution >= 4 is 21.9 Å². The highest BCUT2D eigenvalue weighted by Gasteiger charge is 2.65. The molecule has 0 amide bonds. The number of benzene rings is 1. The van der Waals surface area contributed by atoms with Crippen LogP contribution < -0.4 is 0 Å². The van der Waals surface area contributed by atoms with Crippen molar-refractivity contribution in [3.05, 3.63) is 34.3 Å². The molecule has 4 rings (SSSR count). The van der Waals surface area contributed by atoms with Crippen molar-refractivity contribution in [3.8, 4) is 0 Å². The second-order valence-electron chi connectivity index (χ2n) is 5.23. The van der Waals surface area contributed by atoms with Crippen LogP contribution in [0, 0.1) is 5.41 Å². The SMILES string of the molecule is O=C(O)C12CCC(c3cccc(Br)c3)(C1)C2. The highest BCUT2D eigenvalue weighted by Crippen LogP contribution is 2.67. The normalized spacial score (nSPS) is 35.8. The van der Waals surface area contributed by atoms with Crippen LogP contribution in [0.4, 0.5) is 0 Å². The van der Waals surface area contributed by atoms with Crippen molar-refractivity contribution < 1.29 is 9.90 Å². The van der Waals surface area contributed by atoms with E-state index < -0.39 is 11.4 Å². The molecule has 3 aliphatic carbocycles. The van der Waals surface area contributed by atoms with Gasteiger partial charge in [-0.05, 0) is 48.8 Å². The van der Waals surface area contributed by atoms with Gasteiger partial charge in [0.25, 0.3) is 0 Å². The van der Waals surface area contributed by atoms with Gasteiger partial charge in [-0.1, -0.05) is 28.1 Å².